The van der Waals surface area contributed by atoms with Crippen LogP contribution in [-0.4, -0.2) is 97.7 Å². The summed E-state index contributed by atoms with van der Waals surface area (Å²) in [5.74, 6) is 0.0174. The van der Waals surface area contributed by atoms with Gasteiger partial charge in [0.2, 0.25) is 11.8 Å². The lowest BCUT2D eigenvalue weighted by atomic mass is 10.1. The summed E-state index contributed by atoms with van der Waals surface area (Å²) in [6.07, 6.45) is 4.22. The van der Waals surface area contributed by atoms with Crippen molar-refractivity contribution in [2.75, 3.05) is 76.6 Å². The molecule has 0 bridgehead atoms. The van der Waals surface area contributed by atoms with E-state index in [0.717, 1.165) is 112 Å². The normalized spacial score (nSPS) is 14.4. The van der Waals surface area contributed by atoms with Gasteiger partial charge in [0.25, 0.3) is 0 Å². The van der Waals surface area contributed by atoms with Gasteiger partial charge in [-0.3, -0.25) is 9.59 Å². The van der Waals surface area contributed by atoms with Crippen molar-refractivity contribution in [3.8, 4) is 12.0 Å². The summed E-state index contributed by atoms with van der Waals surface area (Å²) in [4.78, 5) is 39.4. The van der Waals surface area contributed by atoms with Gasteiger partial charge in [-0.05, 0) is 73.2 Å². The Kier molecular flexibility index (Phi) is 12.9. The molecule has 0 N–H and O–H groups in total. The van der Waals surface area contributed by atoms with Gasteiger partial charge in [-0.25, -0.2) is 9.13 Å². The molecule has 0 unspecified atom stereocenters. The first-order valence-corrected chi connectivity index (χ1v) is 19.4. The highest BCUT2D eigenvalue weighted by atomic mass is 16.5. The molecule has 8 rings (SSSR count). The van der Waals surface area contributed by atoms with Crippen molar-refractivity contribution in [3.05, 3.63) is 108 Å². The van der Waals surface area contributed by atoms with Crippen molar-refractivity contribution in [1.82, 2.24) is 19.1 Å². The number of anilines is 2. The number of fused-ring (bicyclic) bond motifs is 2. The van der Waals surface area contributed by atoms with Crippen LogP contribution in [0.4, 0.5) is 11.4 Å². The molecule has 0 aliphatic carbocycles. The third-order valence-corrected chi connectivity index (χ3v) is 10.2. The van der Waals surface area contributed by atoms with E-state index in [1.165, 1.54) is 11.1 Å². The third kappa shape index (κ3) is 9.21. The molecule has 2 saturated heterocycles. The Morgan fingerprint density at radius 3 is 1.55 bits per heavy atom. The lowest BCUT2D eigenvalue weighted by molar-refractivity contribution is 0.0885. The van der Waals surface area contributed by atoms with E-state index in [0.29, 0.717) is 24.9 Å². The number of hydrogen-bond acceptors (Lipinski definition) is 10. The molecule has 0 radical (unpaired) electrons. The molecule has 0 spiro atoms. The Morgan fingerprint density at radius 1 is 0.571 bits per heavy atom. The fourth-order valence-corrected chi connectivity index (χ4v) is 7.28. The SMILES string of the molecule is COc1nc2cc(N3CCOCC3)ccc2n1C(=O)CCCc1ccccc1.COc1nc2ccc(N3CCOCC3)cc2n1C(=O)CCCc1ccccc1. The molecule has 2 aliphatic heterocycles. The van der Waals surface area contributed by atoms with Crippen LogP contribution in [0.15, 0.2) is 97.1 Å². The van der Waals surface area contributed by atoms with E-state index in [1.54, 1.807) is 23.4 Å². The van der Waals surface area contributed by atoms with E-state index in [1.807, 2.05) is 72.8 Å². The Balaban J connectivity index is 0.000000172. The van der Waals surface area contributed by atoms with E-state index < -0.39 is 0 Å². The average Bonchev–Trinajstić information content (AvgIpc) is 3.83. The number of carbonyl (C=O) groups excluding carboxylic acids is 2. The van der Waals surface area contributed by atoms with Crippen LogP contribution in [0.2, 0.25) is 0 Å². The molecule has 4 aromatic carbocycles. The Labute approximate surface area is 327 Å². The van der Waals surface area contributed by atoms with Crippen molar-refractivity contribution in [2.45, 2.75) is 38.5 Å². The molecule has 0 saturated carbocycles. The van der Waals surface area contributed by atoms with Gasteiger partial charge in [0.15, 0.2) is 0 Å². The number of morpholine rings is 2. The van der Waals surface area contributed by atoms with E-state index >= 15 is 0 Å². The van der Waals surface area contributed by atoms with Gasteiger partial charge < -0.3 is 28.7 Å². The molecule has 6 aromatic rings. The highest BCUT2D eigenvalue weighted by Gasteiger charge is 2.21. The zero-order valence-electron chi connectivity index (χ0n) is 32.3. The van der Waals surface area contributed by atoms with Gasteiger partial charge in [-0.1, -0.05) is 60.7 Å². The van der Waals surface area contributed by atoms with Crippen molar-refractivity contribution >= 4 is 45.3 Å². The predicted molar refractivity (Wildman–Crippen MR) is 219 cm³/mol. The number of rotatable bonds is 12. The van der Waals surface area contributed by atoms with E-state index in [9.17, 15) is 9.59 Å². The van der Waals surface area contributed by atoms with Gasteiger partial charge >= 0.3 is 12.0 Å². The van der Waals surface area contributed by atoms with E-state index in [4.69, 9.17) is 18.9 Å². The third-order valence-electron chi connectivity index (χ3n) is 10.2. The number of benzene rings is 4. The average molecular weight is 759 g/mol. The quantitative estimate of drug-likeness (QED) is 0.128. The van der Waals surface area contributed by atoms with Crippen LogP contribution in [0.3, 0.4) is 0 Å². The van der Waals surface area contributed by atoms with Crippen molar-refractivity contribution < 1.29 is 28.5 Å². The fourth-order valence-electron chi connectivity index (χ4n) is 7.28. The predicted octanol–water partition coefficient (Wildman–Crippen LogP) is 7.09. The molecule has 2 aromatic heterocycles. The van der Waals surface area contributed by atoms with E-state index in [-0.39, 0.29) is 11.8 Å². The monoisotopic (exact) mass is 758 g/mol. The van der Waals surface area contributed by atoms with Crippen molar-refractivity contribution in [3.63, 3.8) is 0 Å². The van der Waals surface area contributed by atoms with Crippen molar-refractivity contribution in [2.24, 2.45) is 0 Å². The maximum Gasteiger partial charge on any atom is 0.304 e. The molecular weight excluding hydrogens is 709 g/mol. The number of carbonyl (C=O) groups is 2. The fraction of sp³-hybridized carbons (Fsp3) is 0.364. The highest BCUT2D eigenvalue weighted by Crippen LogP contribution is 2.29. The number of methoxy groups -OCH3 is 2. The zero-order chi connectivity index (χ0) is 38.7. The molecule has 12 heteroatoms. The number of nitrogens with zero attached hydrogens (tertiary/aromatic N) is 6. The van der Waals surface area contributed by atoms with E-state index in [2.05, 4.69) is 44.0 Å². The lowest BCUT2D eigenvalue weighted by Crippen LogP contribution is -2.36. The van der Waals surface area contributed by atoms with Gasteiger partial charge in [0.1, 0.15) is 0 Å². The van der Waals surface area contributed by atoms with Crippen LogP contribution in [0, 0.1) is 0 Å². The number of ether oxygens (including phenoxy) is 4. The topological polar surface area (TPSA) is 113 Å². The summed E-state index contributed by atoms with van der Waals surface area (Å²) in [7, 11) is 3.11. The van der Waals surface area contributed by atoms with Gasteiger partial charge in [-0.15, -0.1) is 0 Å². The minimum Gasteiger partial charge on any atom is -0.468 e. The van der Waals surface area contributed by atoms with Crippen LogP contribution in [0.5, 0.6) is 12.0 Å². The Bertz CT molecular complexity index is 2210. The first-order valence-electron chi connectivity index (χ1n) is 19.4. The minimum atomic E-state index is 0.00871. The molecular formula is C44H50N6O6. The Hall–Kier alpha value is -5.72. The van der Waals surface area contributed by atoms with Crippen LogP contribution < -0.4 is 19.3 Å². The Morgan fingerprint density at radius 2 is 1.04 bits per heavy atom. The van der Waals surface area contributed by atoms with Gasteiger partial charge in [0.05, 0.1) is 62.7 Å². The second-order valence-corrected chi connectivity index (χ2v) is 13.9. The summed E-state index contributed by atoms with van der Waals surface area (Å²) in [6.45, 7) is 6.33. The number of hydrogen-bond donors (Lipinski definition) is 0. The zero-order valence-corrected chi connectivity index (χ0v) is 32.3. The maximum absolute atomic E-state index is 13.0. The molecule has 0 amide bonds. The standard InChI is InChI=1S/2C22H25N3O3/c1-27-22-23-19-16-18(24-12-14-28-15-13-24)10-11-20(19)25(22)21(26)9-5-8-17-6-3-2-4-7-17;1-27-22-23-19-11-10-18(24-12-14-28-15-13-24)16-20(19)25(22)21(26)9-5-8-17-6-3-2-4-7-17/h2*2-4,6-7,10-11,16H,5,8-9,12-15H2,1H3. The molecule has 0 atom stereocenters. The first-order chi connectivity index (χ1) is 27.5. The van der Waals surface area contributed by atoms with Gasteiger partial charge in [0, 0.05) is 50.4 Å². The maximum atomic E-state index is 13.0. The van der Waals surface area contributed by atoms with Crippen molar-refractivity contribution in [1.29, 1.82) is 0 Å². The summed E-state index contributed by atoms with van der Waals surface area (Å²) in [5, 5.41) is 0. The number of aryl methyl sites for hydroxylation is 2. The largest absolute Gasteiger partial charge is 0.468 e. The molecule has 2 aliphatic rings. The molecule has 292 valence electrons. The van der Waals surface area contributed by atoms with Crippen LogP contribution in [0.1, 0.15) is 46.4 Å². The molecule has 2 fully saturated rings. The molecule has 12 nitrogen and oxygen atoms in total. The van der Waals surface area contributed by atoms with Crippen LogP contribution in [-0.2, 0) is 22.3 Å². The number of imidazole rings is 2. The minimum absolute atomic E-state index is 0.00871. The summed E-state index contributed by atoms with van der Waals surface area (Å²) in [6, 6.07) is 33.2. The summed E-state index contributed by atoms with van der Waals surface area (Å²) < 4.78 is 24.9. The second kappa shape index (κ2) is 18.7. The lowest BCUT2D eigenvalue weighted by Gasteiger charge is -2.28. The highest BCUT2D eigenvalue weighted by molar-refractivity contribution is 5.94. The summed E-state index contributed by atoms with van der Waals surface area (Å²) in [5.41, 5.74) is 7.79. The summed E-state index contributed by atoms with van der Waals surface area (Å²) >= 11 is 0. The first kappa shape index (κ1) is 38.6. The van der Waals surface area contributed by atoms with Crippen LogP contribution >= 0.6 is 0 Å². The second-order valence-electron chi connectivity index (χ2n) is 13.9. The molecule has 4 heterocycles. The smallest absolute Gasteiger partial charge is 0.304 e. The molecule has 56 heavy (non-hydrogen) atoms. The van der Waals surface area contributed by atoms with Gasteiger partial charge in [-0.2, -0.15) is 9.97 Å². The number of aromatic nitrogens is 4. The van der Waals surface area contributed by atoms with Crippen LogP contribution in [0.25, 0.3) is 22.1 Å².